The average Bonchev–Trinajstić information content (AvgIpc) is 3.38. The number of benzene rings is 2. The van der Waals surface area contributed by atoms with E-state index in [0.717, 1.165) is 54.2 Å². The fourth-order valence-electron chi connectivity index (χ4n) is 4.53. The second-order valence-corrected chi connectivity index (χ2v) is 8.86. The number of hydrogen-bond acceptors (Lipinski definition) is 8. The van der Waals surface area contributed by atoms with Crippen LogP contribution in [0.1, 0.15) is 48.6 Å². The van der Waals surface area contributed by atoms with Crippen molar-refractivity contribution >= 4 is 29.9 Å². The van der Waals surface area contributed by atoms with E-state index in [2.05, 4.69) is 52.2 Å². The summed E-state index contributed by atoms with van der Waals surface area (Å²) < 4.78 is 6.12. The molecule has 4 rings (SSSR count). The molecule has 1 fully saturated rings. The monoisotopic (exact) mass is 522 g/mol. The molecule has 0 radical (unpaired) electrons. The highest BCUT2D eigenvalue weighted by atomic mass is 35.5. The first-order chi connectivity index (χ1) is 17.5. The third-order valence-electron chi connectivity index (χ3n) is 6.45. The van der Waals surface area contributed by atoms with E-state index in [0.29, 0.717) is 30.5 Å². The molecule has 37 heavy (non-hydrogen) atoms. The third kappa shape index (κ3) is 6.69. The van der Waals surface area contributed by atoms with Crippen molar-refractivity contribution in [3.05, 3.63) is 70.9 Å². The molecular weight excluding hydrogens is 488 g/mol. The summed E-state index contributed by atoms with van der Waals surface area (Å²) >= 11 is 0. The molecule has 1 saturated heterocycles. The number of ether oxygens (including phenoxy) is 1. The van der Waals surface area contributed by atoms with E-state index >= 15 is 0 Å². The normalized spacial score (nSPS) is 14.8. The van der Waals surface area contributed by atoms with E-state index in [9.17, 15) is 5.26 Å². The number of aromatic nitrogens is 2. The quantitative estimate of drug-likeness (QED) is 0.361. The zero-order valence-electron chi connectivity index (χ0n) is 21.9. The first kappa shape index (κ1) is 28.2. The minimum absolute atomic E-state index is 0. The van der Waals surface area contributed by atoms with Gasteiger partial charge in [-0.3, -0.25) is 4.84 Å². The van der Waals surface area contributed by atoms with E-state index in [-0.39, 0.29) is 18.4 Å². The predicted octanol–water partition coefficient (Wildman–Crippen LogP) is 5.73. The van der Waals surface area contributed by atoms with Gasteiger partial charge < -0.3 is 15.0 Å². The van der Waals surface area contributed by atoms with Gasteiger partial charge in [-0.25, -0.2) is 10.0 Å². The molecule has 196 valence electrons. The van der Waals surface area contributed by atoms with E-state index in [1.807, 2.05) is 44.2 Å². The van der Waals surface area contributed by atoms with Crippen molar-refractivity contribution in [3.63, 3.8) is 0 Å². The number of nitrogens with zero attached hydrogens (tertiary/aromatic N) is 5. The fourth-order valence-corrected chi connectivity index (χ4v) is 4.53. The van der Waals surface area contributed by atoms with Gasteiger partial charge in [0.05, 0.1) is 18.8 Å². The lowest BCUT2D eigenvalue weighted by Gasteiger charge is -2.24. The van der Waals surface area contributed by atoms with Gasteiger partial charge in [0.25, 0.3) is 0 Å². The van der Waals surface area contributed by atoms with Crippen LogP contribution < -0.4 is 15.1 Å². The molecule has 0 saturated carbocycles. The molecule has 1 aromatic heterocycles. The highest BCUT2D eigenvalue weighted by molar-refractivity contribution is 5.85. The van der Waals surface area contributed by atoms with E-state index in [1.165, 1.54) is 0 Å². The predicted molar refractivity (Wildman–Crippen MR) is 149 cm³/mol. The summed E-state index contributed by atoms with van der Waals surface area (Å²) in [6, 6.07) is 16.4. The topological polar surface area (TPSA) is 86.5 Å². The fraction of sp³-hybridized carbons (Fsp3) is 0.393. The number of hydroxylamine groups is 1. The summed E-state index contributed by atoms with van der Waals surface area (Å²) in [5, 5.41) is 14.7. The summed E-state index contributed by atoms with van der Waals surface area (Å²) in [5.41, 5.74) is 4.43. The average molecular weight is 523 g/mol. The molecule has 8 nitrogen and oxygen atoms in total. The Bertz CT molecular complexity index is 1190. The smallest absolute Gasteiger partial charge is 0.229 e. The van der Waals surface area contributed by atoms with Crippen LogP contribution >= 0.6 is 12.4 Å². The van der Waals surface area contributed by atoms with E-state index < -0.39 is 0 Å². The highest BCUT2D eigenvalue weighted by Crippen LogP contribution is 2.36. The standard InChI is InChI=1S/C28H34N6O2.ClH/c1-5-33(6-2)13-15-35-26-20(3)16-24(17-21(26)4)31-28-30-19-23(18-29)27(32-28)34-25(12-14-36-34)22-10-8-7-9-11-22;/h7-11,16-17,19,25H,5-6,12-15H2,1-4H3,(H,30,31,32);1H. The molecule has 1 aliphatic rings. The molecule has 2 heterocycles. The van der Waals surface area contributed by atoms with Crippen LogP contribution in [0.2, 0.25) is 0 Å². The molecule has 1 atom stereocenters. The molecule has 2 aromatic carbocycles. The van der Waals surface area contributed by atoms with E-state index in [4.69, 9.17) is 9.57 Å². The Balaban J connectivity index is 0.00000380. The van der Waals surface area contributed by atoms with Crippen LogP contribution in [0.4, 0.5) is 17.5 Å². The van der Waals surface area contributed by atoms with Crippen LogP contribution in [-0.2, 0) is 4.84 Å². The number of hydrogen-bond donors (Lipinski definition) is 1. The lowest BCUT2D eigenvalue weighted by atomic mass is 10.0. The first-order valence-corrected chi connectivity index (χ1v) is 12.5. The van der Waals surface area contributed by atoms with Crippen molar-refractivity contribution in [3.8, 4) is 11.8 Å². The molecule has 0 aliphatic carbocycles. The summed E-state index contributed by atoms with van der Waals surface area (Å²) in [6.45, 7) is 12.5. The summed E-state index contributed by atoms with van der Waals surface area (Å²) in [4.78, 5) is 17.3. The van der Waals surface area contributed by atoms with Crippen LogP contribution in [0.5, 0.6) is 5.75 Å². The van der Waals surface area contributed by atoms with Gasteiger partial charge in [-0.1, -0.05) is 44.2 Å². The van der Waals surface area contributed by atoms with Gasteiger partial charge in [0.15, 0.2) is 5.82 Å². The molecule has 3 aromatic rings. The van der Waals surface area contributed by atoms with Crippen molar-refractivity contribution in [1.29, 1.82) is 5.26 Å². The Morgan fingerprint density at radius 2 is 1.86 bits per heavy atom. The number of aryl methyl sites for hydroxylation is 2. The zero-order chi connectivity index (χ0) is 25.5. The second-order valence-electron chi connectivity index (χ2n) is 8.86. The number of halogens is 1. The Morgan fingerprint density at radius 3 is 2.51 bits per heavy atom. The van der Waals surface area contributed by atoms with Crippen LogP contribution in [0.3, 0.4) is 0 Å². The van der Waals surface area contributed by atoms with E-state index in [1.54, 1.807) is 11.3 Å². The van der Waals surface area contributed by atoms with Gasteiger partial charge in [0.1, 0.15) is 24.0 Å². The Kier molecular flexibility index (Phi) is 10.1. The largest absolute Gasteiger partial charge is 0.492 e. The maximum atomic E-state index is 9.71. The van der Waals surface area contributed by atoms with Crippen molar-refractivity contribution in [2.45, 2.75) is 40.2 Å². The first-order valence-electron chi connectivity index (χ1n) is 12.5. The maximum absolute atomic E-state index is 9.71. The molecule has 1 aliphatic heterocycles. The Hall–Kier alpha value is -3.38. The minimum atomic E-state index is -0.0155. The van der Waals surface area contributed by atoms with Crippen LogP contribution in [-0.4, -0.2) is 47.7 Å². The Morgan fingerprint density at radius 1 is 1.16 bits per heavy atom. The summed E-state index contributed by atoms with van der Waals surface area (Å²) in [7, 11) is 0. The van der Waals surface area contributed by atoms with Crippen molar-refractivity contribution in [2.24, 2.45) is 0 Å². The molecule has 0 bridgehead atoms. The number of likely N-dealkylation sites (N-methyl/N-ethyl adjacent to an activating group) is 1. The minimum Gasteiger partial charge on any atom is -0.492 e. The lowest BCUT2D eigenvalue weighted by molar-refractivity contribution is 0.156. The van der Waals surface area contributed by atoms with Crippen molar-refractivity contribution in [1.82, 2.24) is 14.9 Å². The van der Waals surface area contributed by atoms with Gasteiger partial charge in [0.2, 0.25) is 5.95 Å². The van der Waals surface area contributed by atoms with Crippen molar-refractivity contribution < 1.29 is 9.57 Å². The molecule has 1 unspecified atom stereocenters. The number of nitrogens with one attached hydrogen (secondary N) is 1. The van der Waals surface area contributed by atoms with Crippen LogP contribution in [0.15, 0.2) is 48.7 Å². The van der Waals surface area contributed by atoms with Gasteiger partial charge >= 0.3 is 0 Å². The van der Waals surface area contributed by atoms with Crippen LogP contribution in [0.25, 0.3) is 0 Å². The lowest BCUT2D eigenvalue weighted by Crippen LogP contribution is -2.28. The second kappa shape index (κ2) is 13.2. The number of rotatable bonds is 10. The van der Waals surface area contributed by atoms with Gasteiger partial charge in [-0.05, 0) is 55.8 Å². The molecule has 1 N–H and O–H groups in total. The zero-order valence-corrected chi connectivity index (χ0v) is 22.7. The summed E-state index contributed by atoms with van der Waals surface area (Å²) in [5.74, 6) is 1.77. The third-order valence-corrected chi connectivity index (χ3v) is 6.45. The van der Waals surface area contributed by atoms with Gasteiger partial charge in [0, 0.05) is 18.7 Å². The van der Waals surface area contributed by atoms with Crippen molar-refractivity contribution in [2.75, 3.05) is 43.2 Å². The molecular formula is C28H35ClN6O2. The summed E-state index contributed by atoms with van der Waals surface area (Å²) in [6.07, 6.45) is 2.36. The highest BCUT2D eigenvalue weighted by Gasteiger charge is 2.31. The molecule has 0 amide bonds. The van der Waals surface area contributed by atoms with Gasteiger partial charge in [-0.15, -0.1) is 12.4 Å². The molecule has 9 heteroatoms. The number of nitriles is 1. The maximum Gasteiger partial charge on any atom is 0.229 e. The Labute approximate surface area is 225 Å². The number of anilines is 3. The van der Waals surface area contributed by atoms with Crippen LogP contribution in [0, 0.1) is 25.2 Å². The van der Waals surface area contributed by atoms with Gasteiger partial charge in [-0.2, -0.15) is 10.2 Å². The molecule has 0 spiro atoms. The SMILES string of the molecule is CCN(CC)CCOc1c(C)cc(Nc2ncc(C#N)c(N3OCCC3c3ccccc3)n2)cc1C.Cl.